The number of ether oxygens (including phenoxy) is 1. The quantitative estimate of drug-likeness (QED) is 0.820. The molecular weight excluding hydrogens is 324 g/mol. The summed E-state index contributed by atoms with van der Waals surface area (Å²) in [5.41, 5.74) is 0. The van der Waals surface area contributed by atoms with Crippen molar-refractivity contribution in [2.45, 2.75) is 44.7 Å². The van der Waals surface area contributed by atoms with Gasteiger partial charge >= 0.3 is 0 Å². The Morgan fingerprint density at radius 1 is 1.25 bits per heavy atom. The third-order valence-corrected chi connectivity index (χ3v) is 6.15. The number of hydrogen-bond acceptors (Lipinski definition) is 4. The van der Waals surface area contributed by atoms with Crippen molar-refractivity contribution in [3.63, 3.8) is 0 Å². The van der Waals surface area contributed by atoms with Gasteiger partial charge in [-0.05, 0) is 43.0 Å². The van der Waals surface area contributed by atoms with Crippen LogP contribution in [0.4, 0.5) is 0 Å². The Labute approximate surface area is 147 Å². The van der Waals surface area contributed by atoms with Gasteiger partial charge in [0.1, 0.15) is 12.6 Å². The molecule has 0 spiro atoms. The van der Waals surface area contributed by atoms with Crippen molar-refractivity contribution in [2.24, 2.45) is 5.92 Å². The molecule has 3 rings (SSSR count). The monoisotopic (exact) mass is 350 g/mol. The van der Waals surface area contributed by atoms with Crippen molar-refractivity contribution in [2.75, 3.05) is 26.8 Å². The Morgan fingerprint density at radius 2 is 2.00 bits per heavy atom. The third-order valence-electron chi connectivity index (χ3n) is 5.23. The second-order valence-electron chi connectivity index (χ2n) is 6.88. The van der Waals surface area contributed by atoms with E-state index < -0.39 is 6.04 Å². The molecular formula is C18H26N2O3S. The SMILES string of the molecule is COCCN1C(=O)CN(C2CCC(C)CC2)C(=O)[C@H]1c1cccs1. The van der Waals surface area contributed by atoms with Crippen LogP contribution in [0.2, 0.25) is 0 Å². The first-order valence-corrected chi connectivity index (χ1v) is 9.62. The lowest BCUT2D eigenvalue weighted by atomic mass is 9.86. The van der Waals surface area contributed by atoms with Gasteiger partial charge in [0.05, 0.1) is 6.61 Å². The molecule has 5 nitrogen and oxygen atoms in total. The average Bonchev–Trinajstić information content (AvgIpc) is 3.10. The van der Waals surface area contributed by atoms with E-state index in [0.29, 0.717) is 13.2 Å². The van der Waals surface area contributed by atoms with Crippen LogP contribution >= 0.6 is 11.3 Å². The highest BCUT2D eigenvalue weighted by Gasteiger charge is 2.43. The Hall–Kier alpha value is -1.40. The van der Waals surface area contributed by atoms with Crippen molar-refractivity contribution in [3.8, 4) is 0 Å². The van der Waals surface area contributed by atoms with E-state index in [4.69, 9.17) is 4.74 Å². The maximum absolute atomic E-state index is 13.2. The molecule has 2 heterocycles. The molecule has 2 amide bonds. The summed E-state index contributed by atoms with van der Waals surface area (Å²) in [5, 5.41) is 1.96. The normalized spacial score (nSPS) is 28.5. The molecule has 1 atom stereocenters. The molecule has 2 fully saturated rings. The summed E-state index contributed by atoms with van der Waals surface area (Å²) in [4.78, 5) is 30.5. The van der Waals surface area contributed by atoms with Crippen LogP contribution in [-0.4, -0.2) is 54.5 Å². The molecule has 6 heteroatoms. The zero-order chi connectivity index (χ0) is 17.1. The lowest BCUT2D eigenvalue weighted by molar-refractivity contribution is -0.159. The van der Waals surface area contributed by atoms with Gasteiger partial charge in [0.15, 0.2) is 0 Å². The van der Waals surface area contributed by atoms with Crippen LogP contribution in [0.5, 0.6) is 0 Å². The van der Waals surface area contributed by atoms with Crippen LogP contribution in [0.25, 0.3) is 0 Å². The number of amides is 2. The fourth-order valence-corrected chi connectivity index (χ4v) is 4.61. The molecule has 1 saturated heterocycles. The third kappa shape index (κ3) is 3.49. The molecule has 2 aliphatic rings. The van der Waals surface area contributed by atoms with Crippen molar-refractivity contribution in [1.29, 1.82) is 0 Å². The minimum atomic E-state index is -0.485. The van der Waals surface area contributed by atoms with Gasteiger partial charge in [-0.1, -0.05) is 13.0 Å². The van der Waals surface area contributed by atoms with Crippen LogP contribution in [0.3, 0.4) is 0 Å². The first kappa shape index (κ1) is 17.4. The number of piperazine rings is 1. The Balaban J connectivity index is 1.82. The number of rotatable bonds is 5. The first-order valence-electron chi connectivity index (χ1n) is 8.74. The highest BCUT2D eigenvalue weighted by atomic mass is 32.1. The van der Waals surface area contributed by atoms with Gasteiger partial charge in [-0.25, -0.2) is 0 Å². The van der Waals surface area contributed by atoms with E-state index in [1.165, 1.54) is 11.3 Å². The Bertz CT molecular complexity index is 567. The Morgan fingerprint density at radius 3 is 2.62 bits per heavy atom. The highest BCUT2D eigenvalue weighted by molar-refractivity contribution is 7.10. The van der Waals surface area contributed by atoms with E-state index in [0.717, 1.165) is 36.5 Å². The number of hydrogen-bond donors (Lipinski definition) is 0. The minimum absolute atomic E-state index is 0.0312. The fourth-order valence-electron chi connectivity index (χ4n) is 3.78. The lowest BCUT2D eigenvalue weighted by Gasteiger charge is -2.44. The second kappa shape index (κ2) is 7.66. The fraction of sp³-hybridized carbons (Fsp3) is 0.667. The maximum atomic E-state index is 13.2. The van der Waals surface area contributed by atoms with Crippen LogP contribution in [0.15, 0.2) is 17.5 Å². The van der Waals surface area contributed by atoms with Gasteiger partial charge in [-0.2, -0.15) is 0 Å². The molecule has 132 valence electrons. The number of nitrogens with zero attached hydrogens (tertiary/aromatic N) is 2. The molecule has 0 unspecified atom stereocenters. The van der Waals surface area contributed by atoms with Gasteiger partial charge in [0, 0.05) is 24.6 Å². The summed E-state index contributed by atoms with van der Waals surface area (Å²) in [6, 6.07) is 3.62. The summed E-state index contributed by atoms with van der Waals surface area (Å²) in [5.74, 6) is 0.833. The first-order chi connectivity index (χ1) is 11.6. The lowest BCUT2D eigenvalue weighted by Crippen LogP contribution is -2.59. The van der Waals surface area contributed by atoms with E-state index in [2.05, 4.69) is 6.92 Å². The molecule has 0 N–H and O–H groups in total. The van der Waals surface area contributed by atoms with E-state index >= 15 is 0 Å². The summed E-state index contributed by atoms with van der Waals surface area (Å²) in [7, 11) is 1.62. The zero-order valence-electron chi connectivity index (χ0n) is 14.4. The summed E-state index contributed by atoms with van der Waals surface area (Å²) >= 11 is 1.54. The summed E-state index contributed by atoms with van der Waals surface area (Å²) in [6.07, 6.45) is 4.30. The van der Waals surface area contributed by atoms with E-state index in [-0.39, 0.29) is 24.4 Å². The Kier molecular flexibility index (Phi) is 5.56. The molecule has 1 aromatic rings. The maximum Gasteiger partial charge on any atom is 0.251 e. The molecule has 0 aromatic carbocycles. The molecule has 1 aliphatic carbocycles. The average molecular weight is 350 g/mol. The van der Waals surface area contributed by atoms with Crippen molar-refractivity contribution in [3.05, 3.63) is 22.4 Å². The zero-order valence-corrected chi connectivity index (χ0v) is 15.3. The van der Waals surface area contributed by atoms with E-state index in [9.17, 15) is 9.59 Å². The summed E-state index contributed by atoms with van der Waals surface area (Å²) in [6.45, 7) is 3.38. The molecule has 0 bridgehead atoms. The molecule has 24 heavy (non-hydrogen) atoms. The largest absolute Gasteiger partial charge is 0.383 e. The standard InChI is InChI=1S/C18H26N2O3S/c1-13-5-7-14(8-6-13)20-12-16(21)19(9-10-23-2)17(18(20)22)15-4-3-11-24-15/h3-4,11,13-14,17H,5-10,12H2,1-2H3/t13?,14?,17-/m1/s1. The van der Waals surface area contributed by atoms with Gasteiger partial charge in [0.25, 0.3) is 5.91 Å². The van der Waals surface area contributed by atoms with Gasteiger partial charge in [-0.3, -0.25) is 9.59 Å². The van der Waals surface area contributed by atoms with Gasteiger partial charge in [-0.15, -0.1) is 11.3 Å². The molecule has 1 aliphatic heterocycles. The second-order valence-corrected chi connectivity index (χ2v) is 7.86. The van der Waals surface area contributed by atoms with E-state index in [1.54, 1.807) is 12.0 Å². The van der Waals surface area contributed by atoms with Gasteiger partial charge < -0.3 is 14.5 Å². The van der Waals surface area contributed by atoms with Gasteiger partial charge in [0.2, 0.25) is 5.91 Å². The topological polar surface area (TPSA) is 49.9 Å². The van der Waals surface area contributed by atoms with Crippen molar-refractivity contribution >= 4 is 23.2 Å². The number of methoxy groups -OCH3 is 1. The number of carbonyl (C=O) groups is 2. The molecule has 1 aromatic heterocycles. The predicted molar refractivity (Wildman–Crippen MR) is 93.8 cm³/mol. The minimum Gasteiger partial charge on any atom is -0.383 e. The van der Waals surface area contributed by atoms with Crippen LogP contribution in [0.1, 0.15) is 43.5 Å². The smallest absolute Gasteiger partial charge is 0.251 e. The predicted octanol–water partition coefficient (Wildman–Crippen LogP) is 2.69. The summed E-state index contributed by atoms with van der Waals surface area (Å²) < 4.78 is 5.13. The highest BCUT2D eigenvalue weighted by Crippen LogP contribution is 2.35. The van der Waals surface area contributed by atoms with Crippen molar-refractivity contribution in [1.82, 2.24) is 9.80 Å². The van der Waals surface area contributed by atoms with Crippen LogP contribution in [0, 0.1) is 5.92 Å². The van der Waals surface area contributed by atoms with Crippen molar-refractivity contribution < 1.29 is 14.3 Å². The number of thiophene rings is 1. The van der Waals surface area contributed by atoms with Crippen LogP contribution in [-0.2, 0) is 14.3 Å². The number of carbonyl (C=O) groups excluding carboxylic acids is 2. The molecule has 1 saturated carbocycles. The van der Waals surface area contributed by atoms with Crippen LogP contribution < -0.4 is 0 Å². The molecule has 0 radical (unpaired) electrons. The van der Waals surface area contributed by atoms with E-state index in [1.807, 2.05) is 22.4 Å².